The van der Waals surface area contributed by atoms with Gasteiger partial charge in [-0.15, -0.1) is 6.07 Å². The molecule has 44 heavy (non-hydrogen) atoms. The molecule has 0 radical (unpaired) electrons. The van der Waals surface area contributed by atoms with E-state index in [1.807, 2.05) is 6.07 Å². The summed E-state index contributed by atoms with van der Waals surface area (Å²) in [5.41, 5.74) is 9.57. The van der Waals surface area contributed by atoms with E-state index in [9.17, 15) is 0 Å². The third-order valence-electron chi connectivity index (χ3n) is 8.55. The Morgan fingerprint density at radius 3 is 1.95 bits per heavy atom. The first kappa shape index (κ1) is 28.3. The predicted molar refractivity (Wildman–Crippen MR) is 178 cm³/mol. The first-order valence-corrected chi connectivity index (χ1v) is 14.8. The average molecular weight is 751 g/mol. The van der Waals surface area contributed by atoms with Crippen molar-refractivity contribution in [3.8, 4) is 22.8 Å². The maximum Gasteiger partial charge on any atom is 0.149 e. The van der Waals surface area contributed by atoms with E-state index >= 15 is 0 Å². The van der Waals surface area contributed by atoms with E-state index in [0.29, 0.717) is 0 Å². The molecule has 0 N–H and O–H groups in total. The summed E-state index contributed by atoms with van der Waals surface area (Å²) < 4.78 is 4.47. The van der Waals surface area contributed by atoms with Crippen LogP contribution in [-0.2, 0) is 26.5 Å². The number of para-hydroxylation sites is 2. The number of rotatable bonds is 3. The Morgan fingerprint density at radius 2 is 1.25 bits per heavy atom. The van der Waals surface area contributed by atoms with Gasteiger partial charge >= 0.3 is 0 Å². The molecular formula is C39H31N4Pt-. The van der Waals surface area contributed by atoms with E-state index in [0.717, 1.165) is 61.2 Å². The van der Waals surface area contributed by atoms with Gasteiger partial charge in [0.05, 0.1) is 16.7 Å². The van der Waals surface area contributed by atoms with Crippen molar-refractivity contribution in [3.63, 3.8) is 0 Å². The first-order valence-electron chi connectivity index (χ1n) is 14.8. The van der Waals surface area contributed by atoms with Gasteiger partial charge in [-0.2, -0.15) is 23.8 Å². The number of nitrogens with zero attached hydrogens (tertiary/aromatic N) is 4. The van der Waals surface area contributed by atoms with Crippen LogP contribution in [0.15, 0.2) is 115 Å². The standard InChI is InChI=1S/C39H31N4.Pt/c1-25-13-5-6-16-28(25)33-19-12-22-36(40-33)43-35-21-10-8-18-30(35)32-24-31-29-17-7-9-20-34(29)42(37(31)41-38(32)43)27-15-11-14-26(23-27)39(2,3)4;/h5-14,16-24H,1-4H3;/q-1;. The van der Waals surface area contributed by atoms with Crippen molar-refractivity contribution in [3.05, 3.63) is 132 Å². The van der Waals surface area contributed by atoms with Crippen LogP contribution >= 0.6 is 0 Å². The number of fused-ring (bicyclic) bond motifs is 6. The number of benzene rings is 4. The Hall–Kier alpha value is -4.53. The first-order chi connectivity index (χ1) is 20.9. The zero-order chi connectivity index (χ0) is 29.3. The van der Waals surface area contributed by atoms with Crippen molar-refractivity contribution in [2.75, 3.05) is 0 Å². The summed E-state index contributed by atoms with van der Waals surface area (Å²) >= 11 is 0. The van der Waals surface area contributed by atoms with Crippen LogP contribution in [0.1, 0.15) is 31.9 Å². The molecule has 0 aliphatic carbocycles. The van der Waals surface area contributed by atoms with Gasteiger partial charge in [0.15, 0.2) is 0 Å². The molecule has 4 aromatic carbocycles. The minimum atomic E-state index is 0. The third kappa shape index (κ3) is 4.40. The van der Waals surface area contributed by atoms with Gasteiger partial charge in [0, 0.05) is 48.2 Å². The van der Waals surface area contributed by atoms with Crippen molar-refractivity contribution in [2.24, 2.45) is 0 Å². The summed E-state index contributed by atoms with van der Waals surface area (Å²) in [6.07, 6.45) is 0. The third-order valence-corrected chi connectivity index (χ3v) is 8.55. The van der Waals surface area contributed by atoms with Crippen molar-refractivity contribution in [1.82, 2.24) is 19.1 Å². The molecule has 218 valence electrons. The molecule has 4 aromatic heterocycles. The fourth-order valence-electron chi connectivity index (χ4n) is 6.34. The van der Waals surface area contributed by atoms with Crippen molar-refractivity contribution < 1.29 is 21.1 Å². The van der Waals surface area contributed by atoms with E-state index < -0.39 is 0 Å². The molecule has 0 saturated carbocycles. The number of pyridine rings is 2. The monoisotopic (exact) mass is 750 g/mol. The normalized spacial score (nSPS) is 11.9. The molecule has 0 unspecified atom stereocenters. The second-order valence-corrected chi connectivity index (χ2v) is 12.3. The zero-order valence-corrected chi connectivity index (χ0v) is 27.3. The molecule has 0 amide bonds. The fourth-order valence-corrected chi connectivity index (χ4v) is 6.34. The average Bonchev–Trinajstić information content (AvgIpc) is 3.52. The van der Waals surface area contributed by atoms with E-state index in [4.69, 9.17) is 9.97 Å². The van der Waals surface area contributed by atoms with Crippen molar-refractivity contribution in [2.45, 2.75) is 33.1 Å². The fraction of sp³-hybridized carbons (Fsp3) is 0.128. The summed E-state index contributed by atoms with van der Waals surface area (Å²) in [6, 6.07) is 44.1. The van der Waals surface area contributed by atoms with Crippen molar-refractivity contribution in [1.29, 1.82) is 0 Å². The molecule has 5 heteroatoms. The Bertz CT molecular complexity index is 2350. The molecule has 0 spiro atoms. The molecule has 0 fully saturated rings. The van der Waals surface area contributed by atoms with Crippen LogP contribution < -0.4 is 0 Å². The molecule has 0 aliphatic rings. The quantitative estimate of drug-likeness (QED) is 0.169. The molecule has 0 bridgehead atoms. The number of aromatic nitrogens is 4. The molecule has 0 atom stereocenters. The SMILES string of the molecule is Cc1ccccc1-c1cccc(-n2c3ccccc3c3cc4c5ccccc5n(-c5[c-]ccc(C(C)(C)C)c5)c4nc32)n1.[Pt]. The van der Waals surface area contributed by atoms with Gasteiger partial charge in [0.1, 0.15) is 17.1 Å². The van der Waals surface area contributed by atoms with Gasteiger partial charge in [-0.3, -0.25) is 4.57 Å². The van der Waals surface area contributed by atoms with Crippen molar-refractivity contribution >= 4 is 43.9 Å². The minimum Gasteiger partial charge on any atom is -0.318 e. The van der Waals surface area contributed by atoms with Gasteiger partial charge in [-0.25, -0.2) is 9.97 Å². The van der Waals surface area contributed by atoms with Crippen LogP contribution in [0.2, 0.25) is 0 Å². The van der Waals surface area contributed by atoms with Crippen LogP contribution in [0.25, 0.3) is 66.6 Å². The second-order valence-electron chi connectivity index (χ2n) is 12.3. The molecule has 8 rings (SSSR count). The van der Waals surface area contributed by atoms with Crippen LogP contribution in [0.4, 0.5) is 0 Å². The zero-order valence-electron chi connectivity index (χ0n) is 25.1. The van der Waals surface area contributed by atoms with E-state index in [2.05, 4.69) is 152 Å². The van der Waals surface area contributed by atoms with E-state index in [-0.39, 0.29) is 26.5 Å². The largest absolute Gasteiger partial charge is 0.318 e. The Labute approximate surface area is 271 Å². The molecule has 8 aromatic rings. The number of hydrogen-bond acceptors (Lipinski definition) is 2. The van der Waals surface area contributed by atoms with E-state index in [1.54, 1.807) is 0 Å². The maximum absolute atomic E-state index is 5.48. The van der Waals surface area contributed by atoms with Gasteiger partial charge in [-0.1, -0.05) is 93.2 Å². The summed E-state index contributed by atoms with van der Waals surface area (Å²) in [5, 5.41) is 4.58. The van der Waals surface area contributed by atoms with Crippen LogP contribution in [-0.4, -0.2) is 19.1 Å². The van der Waals surface area contributed by atoms with Gasteiger partial charge in [-0.05, 0) is 48.2 Å². The van der Waals surface area contributed by atoms with Gasteiger partial charge < -0.3 is 4.57 Å². The minimum absolute atomic E-state index is 0. The molecular weight excluding hydrogens is 720 g/mol. The summed E-state index contributed by atoms with van der Waals surface area (Å²) in [4.78, 5) is 10.7. The van der Waals surface area contributed by atoms with Gasteiger partial charge in [0.25, 0.3) is 0 Å². The molecule has 0 aliphatic heterocycles. The smallest absolute Gasteiger partial charge is 0.149 e. The molecule has 4 nitrogen and oxygen atoms in total. The summed E-state index contributed by atoms with van der Waals surface area (Å²) in [5.74, 6) is 0.850. The maximum atomic E-state index is 5.48. The predicted octanol–water partition coefficient (Wildman–Crippen LogP) is 9.74. The topological polar surface area (TPSA) is 35.6 Å². The summed E-state index contributed by atoms with van der Waals surface area (Å²) in [7, 11) is 0. The Balaban J connectivity index is 0.00000312. The number of aryl methyl sites for hydroxylation is 1. The Kier molecular flexibility index (Phi) is 6.79. The van der Waals surface area contributed by atoms with Crippen LogP contribution in [0.5, 0.6) is 0 Å². The summed E-state index contributed by atoms with van der Waals surface area (Å²) in [6.45, 7) is 8.87. The van der Waals surface area contributed by atoms with E-state index in [1.165, 1.54) is 16.5 Å². The molecule has 4 heterocycles. The van der Waals surface area contributed by atoms with Crippen LogP contribution in [0, 0.1) is 13.0 Å². The number of hydrogen-bond donors (Lipinski definition) is 0. The van der Waals surface area contributed by atoms with Gasteiger partial charge in [0.2, 0.25) is 0 Å². The second kappa shape index (κ2) is 10.6. The molecule has 0 saturated heterocycles. The van der Waals surface area contributed by atoms with Crippen LogP contribution in [0.3, 0.4) is 0 Å². The Morgan fingerprint density at radius 1 is 0.614 bits per heavy atom.